The summed E-state index contributed by atoms with van der Waals surface area (Å²) in [6, 6.07) is 14.2. The van der Waals surface area contributed by atoms with Crippen molar-refractivity contribution in [3.05, 3.63) is 75.3 Å². The van der Waals surface area contributed by atoms with E-state index in [1.807, 2.05) is 34.5 Å². The Kier molecular flexibility index (Phi) is 5.59. The summed E-state index contributed by atoms with van der Waals surface area (Å²) in [7, 11) is 1.65. The molecule has 154 valence electrons. The average Bonchev–Trinajstić information content (AvgIpc) is 3.33. The van der Waals surface area contributed by atoms with Crippen LogP contribution in [0.5, 0.6) is 5.75 Å². The molecule has 0 fully saturated rings. The Morgan fingerprint density at radius 3 is 2.60 bits per heavy atom. The van der Waals surface area contributed by atoms with Crippen LogP contribution in [0.25, 0.3) is 16.8 Å². The van der Waals surface area contributed by atoms with Crippen molar-refractivity contribution in [2.24, 2.45) is 0 Å². The lowest BCUT2D eigenvalue weighted by Gasteiger charge is -2.18. The summed E-state index contributed by atoms with van der Waals surface area (Å²) in [5, 5.41) is 21.8. The third-order valence-corrected chi connectivity index (χ3v) is 6.39. The number of nitrogens with zero attached hydrogens (tertiary/aromatic N) is 2. The van der Waals surface area contributed by atoms with Gasteiger partial charge in [-0.1, -0.05) is 24.3 Å². The molecular weight excluding hydrogens is 394 g/mol. The highest BCUT2D eigenvalue weighted by atomic mass is 32.1. The van der Waals surface area contributed by atoms with E-state index in [-0.39, 0.29) is 5.76 Å². The first-order chi connectivity index (χ1) is 14.5. The van der Waals surface area contributed by atoms with Gasteiger partial charge in [0.25, 0.3) is 0 Å². The fourth-order valence-electron chi connectivity index (χ4n) is 3.53. The molecule has 0 unspecified atom stereocenters. The lowest BCUT2D eigenvalue weighted by atomic mass is 10.1. The minimum Gasteiger partial charge on any atom is -0.510 e. The van der Waals surface area contributed by atoms with Gasteiger partial charge in [0.1, 0.15) is 22.4 Å². The summed E-state index contributed by atoms with van der Waals surface area (Å²) >= 11 is 1.47. The standard InChI is InChI=1S/C24H25N3O2S/c1-15-4-7-18(12-16(15)2)20-14-30-24(26-20)22-21(28)13-27(23(22)25)11-10-17-5-8-19(29-3)9-6-17/h4-9,12,14,25,28H,10-11,13H2,1-3H3. The third kappa shape index (κ3) is 3.96. The molecule has 0 saturated carbocycles. The fourth-order valence-corrected chi connectivity index (χ4v) is 4.42. The molecule has 3 aromatic rings. The van der Waals surface area contributed by atoms with Crippen LogP contribution in [0.4, 0.5) is 0 Å². The first-order valence-electron chi connectivity index (χ1n) is 9.88. The molecule has 1 aliphatic heterocycles. The van der Waals surface area contributed by atoms with Gasteiger partial charge in [0.05, 0.1) is 24.9 Å². The summed E-state index contributed by atoms with van der Waals surface area (Å²) in [6.07, 6.45) is 0.790. The van der Waals surface area contributed by atoms with Crippen molar-refractivity contribution < 1.29 is 9.84 Å². The lowest BCUT2D eigenvalue weighted by molar-refractivity contribution is 0.351. The van der Waals surface area contributed by atoms with Crippen LogP contribution in [0.15, 0.2) is 53.6 Å². The Labute approximate surface area is 180 Å². The molecule has 0 bridgehead atoms. The van der Waals surface area contributed by atoms with Crippen molar-refractivity contribution in [1.29, 1.82) is 5.41 Å². The molecule has 0 atom stereocenters. The number of aliphatic hydroxyl groups excluding tert-OH is 1. The maximum atomic E-state index is 10.6. The van der Waals surface area contributed by atoms with E-state index in [9.17, 15) is 5.11 Å². The minimum absolute atomic E-state index is 0.218. The second kappa shape index (κ2) is 8.32. The van der Waals surface area contributed by atoms with E-state index < -0.39 is 0 Å². The van der Waals surface area contributed by atoms with Gasteiger partial charge in [0.2, 0.25) is 0 Å². The van der Waals surface area contributed by atoms with Crippen molar-refractivity contribution in [2.75, 3.05) is 20.2 Å². The van der Waals surface area contributed by atoms with Gasteiger partial charge in [-0.3, -0.25) is 5.41 Å². The molecule has 5 nitrogen and oxygen atoms in total. The first kappa shape index (κ1) is 20.2. The summed E-state index contributed by atoms with van der Waals surface area (Å²) < 4.78 is 5.20. The molecule has 6 heteroatoms. The quantitative estimate of drug-likeness (QED) is 0.573. The Hall–Kier alpha value is -3.12. The predicted octanol–water partition coefficient (Wildman–Crippen LogP) is 5.24. The highest BCUT2D eigenvalue weighted by Gasteiger charge is 2.30. The van der Waals surface area contributed by atoms with Gasteiger partial charge in [0.15, 0.2) is 0 Å². The van der Waals surface area contributed by atoms with E-state index in [4.69, 9.17) is 15.1 Å². The second-order valence-corrected chi connectivity index (χ2v) is 8.38. The maximum Gasteiger partial charge on any atom is 0.135 e. The van der Waals surface area contributed by atoms with Gasteiger partial charge < -0.3 is 14.7 Å². The number of aliphatic hydroxyl groups is 1. The zero-order valence-electron chi connectivity index (χ0n) is 17.4. The van der Waals surface area contributed by atoms with Crippen LogP contribution in [0.1, 0.15) is 21.7 Å². The smallest absolute Gasteiger partial charge is 0.135 e. The summed E-state index contributed by atoms with van der Waals surface area (Å²) in [5.41, 5.74) is 6.12. The van der Waals surface area contributed by atoms with Gasteiger partial charge in [-0.15, -0.1) is 11.3 Å². The number of rotatable bonds is 6. The van der Waals surface area contributed by atoms with E-state index in [1.165, 1.54) is 28.0 Å². The molecule has 0 saturated heterocycles. The molecule has 0 spiro atoms. The van der Waals surface area contributed by atoms with E-state index >= 15 is 0 Å². The molecule has 2 heterocycles. The van der Waals surface area contributed by atoms with Gasteiger partial charge in [-0.2, -0.15) is 0 Å². The predicted molar refractivity (Wildman–Crippen MR) is 123 cm³/mol. The van der Waals surface area contributed by atoms with Crippen molar-refractivity contribution in [1.82, 2.24) is 9.88 Å². The molecular formula is C24H25N3O2S. The van der Waals surface area contributed by atoms with Crippen LogP contribution in [0, 0.1) is 19.3 Å². The van der Waals surface area contributed by atoms with Crippen molar-refractivity contribution in [2.45, 2.75) is 20.3 Å². The highest BCUT2D eigenvalue weighted by molar-refractivity contribution is 7.11. The first-order valence-corrected chi connectivity index (χ1v) is 10.8. The topological polar surface area (TPSA) is 69.4 Å². The molecule has 2 N–H and O–H groups in total. The Balaban J connectivity index is 1.47. The minimum atomic E-state index is 0.218. The molecule has 2 aromatic carbocycles. The fraction of sp³-hybridized carbons (Fsp3) is 0.250. The van der Waals surface area contributed by atoms with Crippen LogP contribution >= 0.6 is 11.3 Å². The normalized spacial score (nSPS) is 14.0. The molecule has 4 rings (SSSR count). The number of methoxy groups -OCH3 is 1. The van der Waals surface area contributed by atoms with Crippen LogP contribution in [0.3, 0.4) is 0 Å². The Morgan fingerprint density at radius 1 is 1.13 bits per heavy atom. The van der Waals surface area contributed by atoms with E-state index in [1.54, 1.807) is 7.11 Å². The molecule has 0 aliphatic carbocycles. The van der Waals surface area contributed by atoms with E-state index in [0.29, 0.717) is 29.5 Å². The number of aryl methyl sites for hydroxylation is 2. The van der Waals surface area contributed by atoms with Gasteiger partial charge in [-0.05, 0) is 55.2 Å². The number of aromatic nitrogens is 1. The van der Waals surface area contributed by atoms with Crippen LogP contribution in [0.2, 0.25) is 0 Å². The van der Waals surface area contributed by atoms with Gasteiger partial charge >= 0.3 is 0 Å². The SMILES string of the molecule is COc1ccc(CCN2CC(O)=C(c3nc(-c4ccc(C)c(C)c4)cs3)C2=N)cc1. The third-order valence-electron chi connectivity index (χ3n) is 5.53. The van der Waals surface area contributed by atoms with Crippen molar-refractivity contribution in [3.63, 3.8) is 0 Å². The number of hydrogen-bond acceptors (Lipinski definition) is 5. The molecule has 30 heavy (non-hydrogen) atoms. The van der Waals surface area contributed by atoms with Crippen LogP contribution in [-0.4, -0.2) is 41.0 Å². The molecule has 1 aromatic heterocycles. The number of hydrogen-bond donors (Lipinski definition) is 2. The van der Waals surface area contributed by atoms with E-state index in [0.717, 1.165) is 23.4 Å². The summed E-state index contributed by atoms with van der Waals surface area (Å²) in [6.45, 7) is 5.19. The Bertz CT molecular complexity index is 1120. The maximum absolute atomic E-state index is 10.6. The number of nitrogens with one attached hydrogen (secondary N) is 1. The highest BCUT2D eigenvalue weighted by Crippen LogP contribution is 2.32. The van der Waals surface area contributed by atoms with E-state index in [2.05, 4.69) is 32.0 Å². The molecule has 0 amide bonds. The molecule has 1 aliphatic rings. The van der Waals surface area contributed by atoms with Crippen LogP contribution < -0.4 is 4.74 Å². The second-order valence-electron chi connectivity index (χ2n) is 7.53. The van der Waals surface area contributed by atoms with Crippen LogP contribution in [-0.2, 0) is 6.42 Å². The van der Waals surface area contributed by atoms with Gasteiger partial charge in [-0.25, -0.2) is 4.98 Å². The van der Waals surface area contributed by atoms with Gasteiger partial charge in [0, 0.05) is 17.5 Å². The number of ether oxygens (including phenoxy) is 1. The Morgan fingerprint density at radius 2 is 1.90 bits per heavy atom. The zero-order valence-corrected chi connectivity index (χ0v) is 18.2. The number of benzene rings is 2. The average molecular weight is 420 g/mol. The monoisotopic (exact) mass is 419 g/mol. The summed E-state index contributed by atoms with van der Waals surface area (Å²) in [4.78, 5) is 6.62. The summed E-state index contributed by atoms with van der Waals surface area (Å²) in [5.74, 6) is 1.38. The number of amidine groups is 1. The largest absolute Gasteiger partial charge is 0.510 e. The lowest BCUT2D eigenvalue weighted by Crippen LogP contribution is -2.28. The zero-order chi connectivity index (χ0) is 21.3. The van der Waals surface area contributed by atoms with Crippen molar-refractivity contribution >= 4 is 22.7 Å². The number of thiazole rings is 1. The van der Waals surface area contributed by atoms with Crippen molar-refractivity contribution in [3.8, 4) is 17.0 Å². The molecule has 0 radical (unpaired) electrons.